The van der Waals surface area contributed by atoms with Gasteiger partial charge in [0, 0.05) is 29.8 Å². The Morgan fingerprint density at radius 2 is 1.75 bits per heavy atom. The normalized spacial score (nSPS) is 12.3. The lowest BCUT2D eigenvalue weighted by molar-refractivity contribution is 0.438. The summed E-state index contributed by atoms with van der Waals surface area (Å²) < 4.78 is 27.2. The molecule has 0 aromatic heterocycles. The summed E-state index contributed by atoms with van der Waals surface area (Å²) in [5.41, 5.74) is 0.497. The maximum Gasteiger partial charge on any atom is 0.130 e. The fourth-order valence-electron chi connectivity index (χ4n) is 1.99. The van der Waals surface area contributed by atoms with E-state index in [1.807, 2.05) is 0 Å². The zero-order chi connectivity index (χ0) is 14.7. The Morgan fingerprint density at radius 1 is 1.10 bits per heavy atom. The van der Waals surface area contributed by atoms with Crippen LogP contribution in [0.4, 0.5) is 8.78 Å². The zero-order valence-electron chi connectivity index (χ0n) is 10.9. The van der Waals surface area contributed by atoms with Crippen LogP contribution >= 0.6 is 0 Å². The lowest BCUT2D eigenvalue weighted by Gasteiger charge is -2.16. The Hall–Kier alpha value is -2.14. The highest BCUT2D eigenvalue weighted by atomic mass is 19.1. The van der Waals surface area contributed by atoms with Crippen LogP contribution in [0.25, 0.3) is 0 Å². The lowest BCUT2D eigenvalue weighted by Crippen LogP contribution is -2.20. The van der Waals surface area contributed by atoms with E-state index < -0.39 is 17.7 Å². The topological polar surface area (TPSA) is 52.5 Å². The van der Waals surface area contributed by atoms with Crippen LogP contribution in [0.1, 0.15) is 24.1 Å². The molecule has 0 radical (unpaired) electrons. The maximum atomic E-state index is 13.6. The molecule has 0 aliphatic carbocycles. The van der Waals surface area contributed by atoms with Gasteiger partial charge in [-0.2, -0.15) is 0 Å². The predicted molar refractivity (Wildman–Crippen MR) is 71.4 cm³/mol. The monoisotopic (exact) mass is 279 g/mol. The number of rotatable bonds is 4. The van der Waals surface area contributed by atoms with Crippen molar-refractivity contribution in [2.24, 2.45) is 0 Å². The predicted octanol–water partition coefficient (Wildman–Crippen LogP) is 3.23. The van der Waals surface area contributed by atoms with Gasteiger partial charge in [-0.05, 0) is 25.1 Å². The summed E-state index contributed by atoms with van der Waals surface area (Å²) >= 11 is 0. The van der Waals surface area contributed by atoms with Crippen molar-refractivity contribution >= 4 is 0 Å². The van der Waals surface area contributed by atoms with Crippen LogP contribution in [0, 0.1) is 11.6 Å². The second kappa shape index (κ2) is 5.88. The first kappa shape index (κ1) is 14.3. The SMILES string of the molecule is CC(NCc1ccc(O)cc1O)c1c(F)cccc1F. The smallest absolute Gasteiger partial charge is 0.130 e. The van der Waals surface area contributed by atoms with Gasteiger partial charge in [-0.15, -0.1) is 0 Å². The summed E-state index contributed by atoms with van der Waals surface area (Å²) in [6, 6.07) is 7.36. The molecule has 106 valence electrons. The minimum Gasteiger partial charge on any atom is -0.508 e. The molecule has 0 bridgehead atoms. The number of phenols is 2. The number of benzene rings is 2. The molecule has 2 aromatic carbocycles. The molecule has 3 N–H and O–H groups in total. The van der Waals surface area contributed by atoms with Gasteiger partial charge >= 0.3 is 0 Å². The molecule has 1 atom stereocenters. The van der Waals surface area contributed by atoms with Gasteiger partial charge in [0.05, 0.1) is 0 Å². The molecule has 20 heavy (non-hydrogen) atoms. The maximum absolute atomic E-state index is 13.6. The van der Waals surface area contributed by atoms with Gasteiger partial charge in [0.1, 0.15) is 23.1 Å². The number of hydrogen-bond acceptors (Lipinski definition) is 3. The van der Waals surface area contributed by atoms with Gasteiger partial charge in [-0.25, -0.2) is 8.78 Å². The van der Waals surface area contributed by atoms with Crippen molar-refractivity contribution < 1.29 is 19.0 Å². The molecule has 0 spiro atoms. The molecular formula is C15H15F2NO2. The number of hydrogen-bond donors (Lipinski definition) is 3. The van der Waals surface area contributed by atoms with Gasteiger partial charge < -0.3 is 15.5 Å². The number of nitrogens with one attached hydrogen (secondary N) is 1. The summed E-state index contributed by atoms with van der Waals surface area (Å²) in [7, 11) is 0. The van der Waals surface area contributed by atoms with Crippen LogP contribution in [0.3, 0.4) is 0 Å². The van der Waals surface area contributed by atoms with Crippen molar-refractivity contribution in [3.05, 3.63) is 59.2 Å². The molecule has 0 amide bonds. The summed E-state index contributed by atoms with van der Waals surface area (Å²) in [6.07, 6.45) is 0. The fraction of sp³-hybridized carbons (Fsp3) is 0.200. The Bertz CT molecular complexity index is 597. The van der Waals surface area contributed by atoms with Crippen LogP contribution in [0.2, 0.25) is 0 Å². The molecular weight excluding hydrogens is 264 g/mol. The first-order valence-corrected chi connectivity index (χ1v) is 6.17. The molecule has 0 heterocycles. The van der Waals surface area contributed by atoms with Crippen LogP contribution < -0.4 is 5.32 Å². The van der Waals surface area contributed by atoms with E-state index in [-0.39, 0.29) is 23.6 Å². The quantitative estimate of drug-likeness (QED) is 0.805. The summed E-state index contributed by atoms with van der Waals surface area (Å²) in [5, 5.41) is 21.8. The van der Waals surface area contributed by atoms with E-state index in [1.54, 1.807) is 13.0 Å². The van der Waals surface area contributed by atoms with Crippen molar-refractivity contribution in [2.75, 3.05) is 0 Å². The molecule has 0 saturated carbocycles. The van der Waals surface area contributed by atoms with Gasteiger partial charge in [-0.3, -0.25) is 0 Å². The molecule has 0 aliphatic rings. The number of aromatic hydroxyl groups is 2. The Morgan fingerprint density at radius 3 is 2.35 bits per heavy atom. The van der Waals surface area contributed by atoms with Gasteiger partial charge in [0.2, 0.25) is 0 Å². The Kier molecular flexibility index (Phi) is 4.20. The van der Waals surface area contributed by atoms with Gasteiger partial charge in [-0.1, -0.05) is 12.1 Å². The minimum absolute atomic E-state index is 0.0363. The van der Waals surface area contributed by atoms with E-state index in [2.05, 4.69) is 5.32 Å². The third-order valence-corrected chi connectivity index (χ3v) is 3.10. The molecule has 3 nitrogen and oxygen atoms in total. The fourth-order valence-corrected chi connectivity index (χ4v) is 1.99. The standard InChI is InChI=1S/C15H15F2NO2/c1-9(15-12(16)3-2-4-13(15)17)18-8-10-5-6-11(19)7-14(10)20/h2-7,9,18-20H,8H2,1H3. The second-order valence-electron chi connectivity index (χ2n) is 4.55. The molecule has 2 rings (SSSR count). The van der Waals surface area contributed by atoms with Crippen LogP contribution in [-0.4, -0.2) is 10.2 Å². The highest BCUT2D eigenvalue weighted by Crippen LogP contribution is 2.24. The summed E-state index contributed by atoms with van der Waals surface area (Å²) in [6.45, 7) is 1.86. The van der Waals surface area contributed by atoms with Crippen LogP contribution in [-0.2, 0) is 6.54 Å². The van der Waals surface area contributed by atoms with E-state index in [0.717, 1.165) is 0 Å². The average Bonchev–Trinajstić information content (AvgIpc) is 2.37. The zero-order valence-corrected chi connectivity index (χ0v) is 10.9. The van der Waals surface area contributed by atoms with E-state index >= 15 is 0 Å². The van der Waals surface area contributed by atoms with E-state index in [1.165, 1.54) is 30.3 Å². The summed E-state index contributed by atoms with van der Waals surface area (Å²) in [5.74, 6) is -1.34. The molecule has 0 aliphatic heterocycles. The summed E-state index contributed by atoms with van der Waals surface area (Å²) in [4.78, 5) is 0. The molecule has 0 fully saturated rings. The third-order valence-electron chi connectivity index (χ3n) is 3.10. The Balaban J connectivity index is 2.11. The largest absolute Gasteiger partial charge is 0.508 e. The number of halogens is 2. The van der Waals surface area contributed by atoms with Crippen molar-refractivity contribution in [2.45, 2.75) is 19.5 Å². The van der Waals surface area contributed by atoms with Crippen LogP contribution in [0.5, 0.6) is 11.5 Å². The van der Waals surface area contributed by atoms with Crippen molar-refractivity contribution in [1.29, 1.82) is 0 Å². The Labute approximate surface area is 115 Å². The van der Waals surface area contributed by atoms with E-state index in [9.17, 15) is 19.0 Å². The first-order chi connectivity index (χ1) is 9.49. The van der Waals surface area contributed by atoms with Gasteiger partial charge in [0.15, 0.2) is 0 Å². The lowest BCUT2D eigenvalue weighted by atomic mass is 10.1. The van der Waals surface area contributed by atoms with Crippen molar-refractivity contribution in [3.8, 4) is 11.5 Å². The van der Waals surface area contributed by atoms with Crippen LogP contribution in [0.15, 0.2) is 36.4 Å². The molecule has 1 unspecified atom stereocenters. The van der Waals surface area contributed by atoms with E-state index in [4.69, 9.17) is 0 Å². The second-order valence-corrected chi connectivity index (χ2v) is 4.55. The highest BCUT2D eigenvalue weighted by molar-refractivity contribution is 5.39. The number of phenolic OH excluding ortho intramolecular Hbond substituents is 2. The molecule has 2 aromatic rings. The first-order valence-electron chi connectivity index (χ1n) is 6.17. The molecule has 0 saturated heterocycles. The minimum atomic E-state index is -0.611. The van der Waals surface area contributed by atoms with E-state index in [0.29, 0.717) is 5.56 Å². The highest BCUT2D eigenvalue weighted by Gasteiger charge is 2.15. The van der Waals surface area contributed by atoms with Crippen molar-refractivity contribution in [1.82, 2.24) is 5.32 Å². The van der Waals surface area contributed by atoms with Gasteiger partial charge in [0.25, 0.3) is 0 Å². The van der Waals surface area contributed by atoms with Crippen molar-refractivity contribution in [3.63, 3.8) is 0 Å². The molecule has 5 heteroatoms. The average molecular weight is 279 g/mol. The third kappa shape index (κ3) is 3.05.